The minimum atomic E-state index is -4.44. The van der Waals surface area contributed by atoms with E-state index in [1.807, 2.05) is 6.08 Å². The Hall–Kier alpha value is -2.09. The van der Waals surface area contributed by atoms with Crippen LogP contribution in [0.3, 0.4) is 0 Å². The standard InChI is InChI=1S/C49H88NO12P/c1-5-7-19-25-40(51)31-32-43-42(44(52)35-45(43)53)26-21-17-18-23-29-48(54)58-36-41(37-60-63(56,57)59-34-33-50)61-49(55)30-24-16-14-12-10-9-11-13-15-22-28-47-39(4)38(3)46(62-47)27-20-8-6-2/h31-32,40-45,51-53H,5-30,33-37,50H2,1-4H3,(H,56,57)/b32-31+/t40-,41+,42+,43+,44-,45+/m0/s1. The zero-order valence-corrected chi connectivity index (χ0v) is 40.5. The molecule has 0 spiro atoms. The largest absolute Gasteiger partial charge is 0.472 e. The number of ether oxygens (including phenoxy) is 2. The van der Waals surface area contributed by atoms with Crippen molar-refractivity contribution in [2.24, 2.45) is 17.6 Å². The normalized spacial score (nSPS) is 19.7. The first kappa shape index (κ1) is 57.0. The molecule has 0 aliphatic heterocycles. The molecule has 63 heavy (non-hydrogen) atoms. The fourth-order valence-corrected chi connectivity index (χ4v) is 9.21. The second-order valence-corrected chi connectivity index (χ2v) is 19.3. The number of phosphoric acid groups is 1. The van der Waals surface area contributed by atoms with Gasteiger partial charge in [0.1, 0.15) is 18.1 Å². The molecular weight excluding hydrogens is 826 g/mol. The highest BCUT2D eigenvalue weighted by atomic mass is 31.2. The van der Waals surface area contributed by atoms with Crippen molar-refractivity contribution in [2.75, 3.05) is 26.4 Å². The van der Waals surface area contributed by atoms with Gasteiger partial charge in [-0.2, -0.15) is 0 Å². The number of unbranched alkanes of at least 4 members (excludes halogenated alkanes) is 16. The zero-order valence-electron chi connectivity index (χ0n) is 39.6. The Kier molecular flexibility index (Phi) is 31.0. The van der Waals surface area contributed by atoms with Crippen molar-refractivity contribution in [3.8, 4) is 0 Å². The average Bonchev–Trinajstić information content (AvgIpc) is 3.68. The molecule has 1 fully saturated rings. The maximum Gasteiger partial charge on any atom is 0.472 e. The van der Waals surface area contributed by atoms with E-state index in [4.69, 9.17) is 28.7 Å². The number of carbonyl (C=O) groups is 2. The molecule has 366 valence electrons. The van der Waals surface area contributed by atoms with Crippen LogP contribution < -0.4 is 5.73 Å². The highest BCUT2D eigenvalue weighted by molar-refractivity contribution is 7.47. The summed E-state index contributed by atoms with van der Waals surface area (Å²) < 4.78 is 39.2. The molecule has 0 radical (unpaired) electrons. The van der Waals surface area contributed by atoms with Crippen LogP contribution in [0.2, 0.25) is 0 Å². The monoisotopic (exact) mass is 914 g/mol. The molecule has 7 atom stereocenters. The number of hydrogen-bond donors (Lipinski definition) is 5. The van der Waals surface area contributed by atoms with Crippen molar-refractivity contribution >= 4 is 19.8 Å². The van der Waals surface area contributed by atoms with E-state index < -0.39 is 50.8 Å². The second kappa shape index (κ2) is 34.3. The van der Waals surface area contributed by atoms with E-state index in [0.717, 1.165) is 83.5 Å². The predicted molar refractivity (Wildman–Crippen MR) is 248 cm³/mol. The number of aliphatic hydroxyl groups is 3. The first-order valence-electron chi connectivity index (χ1n) is 24.8. The Balaban J connectivity index is 1.63. The number of phosphoric ester groups is 1. The van der Waals surface area contributed by atoms with E-state index in [1.165, 1.54) is 74.0 Å². The number of hydrogen-bond acceptors (Lipinski definition) is 12. The van der Waals surface area contributed by atoms with Crippen molar-refractivity contribution in [1.29, 1.82) is 0 Å². The summed E-state index contributed by atoms with van der Waals surface area (Å²) in [7, 11) is -4.44. The highest BCUT2D eigenvalue weighted by Crippen LogP contribution is 2.43. The average molecular weight is 914 g/mol. The first-order valence-corrected chi connectivity index (χ1v) is 26.3. The van der Waals surface area contributed by atoms with Gasteiger partial charge in [0.2, 0.25) is 0 Å². The molecule has 0 bridgehead atoms. The molecule has 1 heterocycles. The molecule has 6 N–H and O–H groups in total. The molecule has 14 heteroatoms. The maximum atomic E-state index is 12.7. The van der Waals surface area contributed by atoms with Gasteiger partial charge in [0.05, 0.1) is 31.5 Å². The van der Waals surface area contributed by atoms with Crippen molar-refractivity contribution in [2.45, 2.75) is 225 Å². The summed E-state index contributed by atoms with van der Waals surface area (Å²) >= 11 is 0. The molecule has 0 amide bonds. The van der Waals surface area contributed by atoms with Gasteiger partial charge in [-0.15, -0.1) is 0 Å². The number of carbonyl (C=O) groups excluding carboxylic acids is 2. The number of furan rings is 1. The van der Waals surface area contributed by atoms with Gasteiger partial charge in [-0.05, 0) is 69.4 Å². The Morgan fingerprint density at radius 1 is 0.746 bits per heavy atom. The molecule has 1 aliphatic carbocycles. The van der Waals surface area contributed by atoms with Gasteiger partial charge in [0.15, 0.2) is 6.10 Å². The number of aryl methyl sites for hydroxylation is 2. The van der Waals surface area contributed by atoms with Crippen LogP contribution in [-0.2, 0) is 45.5 Å². The summed E-state index contributed by atoms with van der Waals surface area (Å²) in [6.45, 7) is 7.74. The molecule has 1 saturated carbocycles. The molecular formula is C49H88NO12P. The third kappa shape index (κ3) is 25.4. The number of rotatable bonds is 39. The lowest BCUT2D eigenvalue weighted by molar-refractivity contribution is -0.161. The fraction of sp³-hybridized carbons (Fsp3) is 0.837. The van der Waals surface area contributed by atoms with Crippen LogP contribution in [0, 0.1) is 25.7 Å². The third-order valence-electron chi connectivity index (χ3n) is 12.5. The summed E-state index contributed by atoms with van der Waals surface area (Å²) in [5.41, 5.74) is 8.03. The fourth-order valence-electron chi connectivity index (χ4n) is 8.44. The van der Waals surface area contributed by atoms with E-state index in [2.05, 4.69) is 27.7 Å². The number of aliphatic hydroxyl groups excluding tert-OH is 3. The molecule has 1 aliphatic rings. The smallest absolute Gasteiger partial charge is 0.466 e. The molecule has 0 aromatic carbocycles. The van der Waals surface area contributed by atoms with Gasteiger partial charge < -0.3 is 39.8 Å². The van der Waals surface area contributed by atoms with Crippen molar-refractivity contribution in [1.82, 2.24) is 0 Å². The molecule has 1 unspecified atom stereocenters. The lowest BCUT2D eigenvalue weighted by Gasteiger charge is -2.21. The molecule has 0 saturated heterocycles. The minimum Gasteiger partial charge on any atom is -0.466 e. The lowest BCUT2D eigenvalue weighted by atomic mass is 9.88. The van der Waals surface area contributed by atoms with Crippen molar-refractivity contribution < 1.29 is 57.3 Å². The van der Waals surface area contributed by atoms with Crippen LogP contribution in [0.5, 0.6) is 0 Å². The topological polar surface area (TPSA) is 208 Å². The Labute approximate surface area is 380 Å². The zero-order chi connectivity index (χ0) is 46.3. The first-order chi connectivity index (χ1) is 30.3. The van der Waals surface area contributed by atoms with Crippen LogP contribution in [0.4, 0.5) is 0 Å². The van der Waals surface area contributed by atoms with Gasteiger partial charge in [0, 0.05) is 44.6 Å². The maximum absolute atomic E-state index is 12.7. The van der Waals surface area contributed by atoms with Crippen molar-refractivity contribution in [3.63, 3.8) is 0 Å². The van der Waals surface area contributed by atoms with E-state index in [1.54, 1.807) is 6.08 Å². The molecule has 13 nitrogen and oxygen atoms in total. The predicted octanol–water partition coefficient (Wildman–Crippen LogP) is 10.2. The summed E-state index contributed by atoms with van der Waals surface area (Å²) in [6, 6.07) is 0. The van der Waals surface area contributed by atoms with Crippen LogP contribution in [0.15, 0.2) is 16.6 Å². The van der Waals surface area contributed by atoms with Crippen LogP contribution in [-0.4, -0.2) is 82.9 Å². The van der Waals surface area contributed by atoms with Crippen molar-refractivity contribution in [3.05, 3.63) is 34.8 Å². The van der Waals surface area contributed by atoms with Gasteiger partial charge in [-0.3, -0.25) is 18.6 Å². The van der Waals surface area contributed by atoms with Gasteiger partial charge in [-0.25, -0.2) is 4.57 Å². The summed E-state index contributed by atoms with van der Waals surface area (Å²) in [5.74, 6) is 1.09. The molecule has 1 aromatic rings. The summed E-state index contributed by atoms with van der Waals surface area (Å²) in [6.07, 6.45) is 25.5. The Morgan fingerprint density at radius 2 is 1.29 bits per heavy atom. The van der Waals surface area contributed by atoms with E-state index in [9.17, 15) is 34.4 Å². The van der Waals surface area contributed by atoms with Crippen LogP contribution in [0.25, 0.3) is 0 Å². The van der Waals surface area contributed by atoms with E-state index >= 15 is 0 Å². The summed E-state index contributed by atoms with van der Waals surface area (Å²) in [5, 5.41) is 31.4. The van der Waals surface area contributed by atoms with E-state index in [0.29, 0.717) is 25.7 Å². The Bertz CT molecular complexity index is 1430. The number of esters is 2. The van der Waals surface area contributed by atoms with Gasteiger partial charge in [0.25, 0.3) is 0 Å². The second-order valence-electron chi connectivity index (χ2n) is 17.9. The molecule has 2 rings (SSSR count). The van der Waals surface area contributed by atoms with Gasteiger partial charge >= 0.3 is 19.8 Å². The van der Waals surface area contributed by atoms with Gasteiger partial charge in [-0.1, -0.05) is 129 Å². The number of nitrogens with two attached hydrogens (primary N) is 1. The molecule has 1 aromatic heterocycles. The quantitative estimate of drug-likeness (QED) is 0.0181. The van der Waals surface area contributed by atoms with Crippen LogP contribution in [0.1, 0.15) is 197 Å². The SMILES string of the molecule is CCCCCc1oc(CCCCCCCCCCCCC(=O)O[C@H](COC(=O)CCCCCC[C@@H]2[C@@H](/C=C/[C@@H](O)CCCCC)[C@H](O)C[C@@H]2O)COP(=O)(O)OCCN)c(C)c1C. The lowest BCUT2D eigenvalue weighted by Crippen LogP contribution is -2.29. The highest BCUT2D eigenvalue weighted by Gasteiger charge is 2.39. The Morgan fingerprint density at radius 3 is 1.89 bits per heavy atom. The van der Waals surface area contributed by atoms with Crippen LogP contribution >= 0.6 is 7.82 Å². The van der Waals surface area contributed by atoms with E-state index in [-0.39, 0.29) is 44.4 Å². The summed E-state index contributed by atoms with van der Waals surface area (Å²) in [4.78, 5) is 35.3. The minimum absolute atomic E-state index is 0.0182. The third-order valence-corrected chi connectivity index (χ3v) is 13.4.